The van der Waals surface area contributed by atoms with Gasteiger partial charge in [-0.25, -0.2) is 4.98 Å². The second-order valence-corrected chi connectivity index (χ2v) is 7.30. The lowest BCUT2D eigenvalue weighted by atomic mass is 9.96. The molecule has 1 aliphatic carbocycles. The average molecular weight is 489 g/mol. The Bertz CT molecular complexity index is 944. The molecule has 1 aromatic heterocycles. The number of aliphatic imine (C=N–C) groups is 1. The lowest BCUT2D eigenvalue weighted by Crippen LogP contribution is -2.42. The molecule has 0 aliphatic heterocycles. The number of halogens is 1. The highest BCUT2D eigenvalue weighted by Crippen LogP contribution is 2.47. The van der Waals surface area contributed by atoms with E-state index in [9.17, 15) is 0 Å². The maximum absolute atomic E-state index is 4.63. The van der Waals surface area contributed by atoms with Crippen LogP contribution < -0.4 is 10.6 Å². The molecule has 3 aromatic rings. The van der Waals surface area contributed by atoms with Crippen LogP contribution in [0.2, 0.25) is 0 Å². The number of para-hydroxylation sites is 2. The predicted octanol–water partition coefficient (Wildman–Crippen LogP) is 3.86. The first kappa shape index (κ1) is 20.6. The summed E-state index contributed by atoms with van der Waals surface area (Å²) in [5.41, 5.74) is 3.93. The fraction of sp³-hybridized carbons (Fsp3) is 0.364. The van der Waals surface area contributed by atoms with E-state index in [2.05, 4.69) is 80.6 Å². The number of benzene rings is 2. The van der Waals surface area contributed by atoms with E-state index in [1.54, 1.807) is 0 Å². The summed E-state index contributed by atoms with van der Waals surface area (Å²) in [6.07, 6.45) is 2.47. The van der Waals surface area contributed by atoms with Gasteiger partial charge in [0.1, 0.15) is 5.82 Å². The lowest BCUT2D eigenvalue weighted by Gasteiger charge is -2.19. The molecule has 4 rings (SSSR count). The fourth-order valence-corrected chi connectivity index (χ4v) is 3.75. The minimum absolute atomic E-state index is 0. The van der Waals surface area contributed by atoms with E-state index in [-0.39, 0.29) is 29.4 Å². The van der Waals surface area contributed by atoms with Crippen molar-refractivity contribution in [3.8, 4) is 0 Å². The first-order valence-corrected chi connectivity index (χ1v) is 9.64. The van der Waals surface area contributed by atoms with E-state index in [1.807, 2.05) is 13.1 Å². The average Bonchev–Trinajstić information content (AvgIpc) is 3.43. The van der Waals surface area contributed by atoms with Crippen molar-refractivity contribution in [3.63, 3.8) is 0 Å². The van der Waals surface area contributed by atoms with Gasteiger partial charge in [0.05, 0.1) is 11.0 Å². The topological polar surface area (TPSA) is 54.2 Å². The number of rotatable bonds is 6. The van der Waals surface area contributed by atoms with E-state index >= 15 is 0 Å². The Labute approximate surface area is 183 Å². The molecule has 2 N–H and O–H groups in total. The third-order valence-electron chi connectivity index (χ3n) is 5.53. The Morgan fingerprint density at radius 1 is 1.07 bits per heavy atom. The Hall–Kier alpha value is -2.09. The van der Waals surface area contributed by atoms with Crippen LogP contribution >= 0.6 is 24.0 Å². The van der Waals surface area contributed by atoms with Crippen LogP contribution in [-0.2, 0) is 12.0 Å². The number of aromatic nitrogens is 2. The van der Waals surface area contributed by atoms with Gasteiger partial charge in [-0.05, 0) is 37.5 Å². The summed E-state index contributed by atoms with van der Waals surface area (Å²) in [5, 5.41) is 6.96. The van der Waals surface area contributed by atoms with Crippen LogP contribution in [0.1, 0.15) is 24.2 Å². The van der Waals surface area contributed by atoms with Crippen molar-refractivity contribution in [1.29, 1.82) is 0 Å². The number of hydrogen-bond donors (Lipinski definition) is 2. The standard InChI is InChI=1S/C22H27N5.HI/c1-17-26-19-10-6-7-11-20(19)27(17)15-14-24-21(23-2)25-16-22(12-13-22)18-8-4-3-5-9-18;/h3-11H,12-16H2,1-2H3,(H2,23,24,25);1H. The highest BCUT2D eigenvalue weighted by atomic mass is 127. The summed E-state index contributed by atoms with van der Waals surface area (Å²) < 4.78 is 2.25. The summed E-state index contributed by atoms with van der Waals surface area (Å²) in [7, 11) is 1.83. The van der Waals surface area contributed by atoms with Gasteiger partial charge in [0.2, 0.25) is 0 Å². The van der Waals surface area contributed by atoms with Gasteiger partial charge in [0, 0.05) is 32.1 Å². The molecule has 28 heavy (non-hydrogen) atoms. The molecular formula is C22H28IN5. The second kappa shape index (κ2) is 8.94. The Kier molecular flexibility index (Phi) is 6.59. The van der Waals surface area contributed by atoms with Gasteiger partial charge in [-0.1, -0.05) is 42.5 Å². The van der Waals surface area contributed by atoms with E-state index in [1.165, 1.54) is 23.9 Å². The van der Waals surface area contributed by atoms with Crippen LogP contribution in [0.25, 0.3) is 11.0 Å². The van der Waals surface area contributed by atoms with Gasteiger partial charge in [0.25, 0.3) is 0 Å². The summed E-state index contributed by atoms with van der Waals surface area (Å²) in [6, 6.07) is 19.1. The van der Waals surface area contributed by atoms with Crippen LogP contribution in [0.3, 0.4) is 0 Å². The van der Waals surface area contributed by atoms with Crippen molar-refractivity contribution >= 4 is 41.0 Å². The summed E-state index contributed by atoms with van der Waals surface area (Å²) in [4.78, 5) is 9.02. The van der Waals surface area contributed by atoms with Gasteiger partial charge in [-0.3, -0.25) is 4.99 Å². The van der Waals surface area contributed by atoms with Gasteiger partial charge < -0.3 is 15.2 Å². The van der Waals surface area contributed by atoms with Crippen molar-refractivity contribution in [1.82, 2.24) is 20.2 Å². The van der Waals surface area contributed by atoms with Crippen LogP contribution in [0, 0.1) is 6.92 Å². The second-order valence-electron chi connectivity index (χ2n) is 7.30. The maximum Gasteiger partial charge on any atom is 0.191 e. The first-order chi connectivity index (χ1) is 13.2. The van der Waals surface area contributed by atoms with Gasteiger partial charge in [0.15, 0.2) is 5.96 Å². The SMILES string of the molecule is CN=C(NCCn1c(C)nc2ccccc21)NCC1(c2ccccc2)CC1.I. The van der Waals surface area contributed by atoms with Crippen LogP contribution in [-0.4, -0.2) is 35.6 Å². The van der Waals surface area contributed by atoms with Crippen molar-refractivity contribution in [2.75, 3.05) is 20.1 Å². The molecule has 6 heteroatoms. The normalized spacial score (nSPS) is 15.1. The molecule has 0 amide bonds. The van der Waals surface area contributed by atoms with Crippen LogP contribution in [0.4, 0.5) is 0 Å². The van der Waals surface area contributed by atoms with Crippen molar-refractivity contribution in [2.45, 2.75) is 31.7 Å². The smallest absolute Gasteiger partial charge is 0.191 e. The predicted molar refractivity (Wildman–Crippen MR) is 127 cm³/mol. The number of guanidine groups is 1. The van der Waals surface area contributed by atoms with E-state index in [0.717, 1.165) is 36.9 Å². The zero-order chi connectivity index (χ0) is 18.7. The Morgan fingerprint density at radius 3 is 2.50 bits per heavy atom. The molecule has 1 aliphatic rings. The quantitative estimate of drug-likeness (QED) is 0.314. The molecule has 0 radical (unpaired) electrons. The molecule has 0 unspecified atom stereocenters. The number of fused-ring (bicyclic) bond motifs is 1. The largest absolute Gasteiger partial charge is 0.356 e. The molecule has 2 aromatic carbocycles. The van der Waals surface area contributed by atoms with Crippen LogP contribution in [0.5, 0.6) is 0 Å². The van der Waals surface area contributed by atoms with Crippen molar-refractivity contribution in [3.05, 3.63) is 66.0 Å². The van der Waals surface area contributed by atoms with Gasteiger partial charge in [-0.15, -0.1) is 24.0 Å². The molecular weight excluding hydrogens is 461 g/mol. The highest BCUT2D eigenvalue weighted by Gasteiger charge is 2.43. The third kappa shape index (κ3) is 4.32. The Balaban J connectivity index is 0.00000225. The summed E-state index contributed by atoms with van der Waals surface area (Å²) in [6.45, 7) is 4.64. The molecule has 148 valence electrons. The molecule has 1 saturated carbocycles. The Morgan fingerprint density at radius 2 is 1.79 bits per heavy atom. The number of nitrogens with zero attached hydrogens (tertiary/aromatic N) is 3. The third-order valence-corrected chi connectivity index (χ3v) is 5.53. The zero-order valence-corrected chi connectivity index (χ0v) is 18.8. The number of nitrogens with one attached hydrogen (secondary N) is 2. The lowest BCUT2D eigenvalue weighted by molar-refractivity contribution is 0.628. The molecule has 1 fully saturated rings. The minimum Gasteiger partial charge on any atom is -0.356 e. The fourth-order valence-electron chi connectivity index (χ4n) is 3.75. The molecule has 5 nitrogen and oxygen atoms in total. The highest BCUT2D eigenvalue weighted by molar-refractivity contribution is 14.0. The molecule has 0 bridgehead atoms. The first-order valence-electron chi connectivity index (χ1n) is 9.64. The monoisotopic (exact) mass is 489 g/mol. The molecule has 0 saturated heterocycles. The molecule has 1 heterocycles. The summed E-state index contributed by atoms with van der Waals surface area (Å²) >= 11 is 0. The summed E-state index contributed by atoms with van der Waals surface area (Å²) in [5.74, 6) is 1.90. The van der Waals surface area contributed by atoms with Crippen molar-refractivity contribution < 1.29 is 0 Å². The van der Waals surface area contributed by atoms with Gasteiger partial charge in [-0.2, -0.15) is 0 Å². The number of imidazole rings is 1. The van der Waals surface area contributed by atoms with E-state index < -0.39 is 0 Å². The van der Waals surface area contributed by atoms with E-state index in [0.29, 0.717) is 0 Å². The van der Waals surface area contributed by atoms with Crippen molar-refractivity contribution in [2.24, 2.45) is 4.99 Å². The maximum atomic E-state index is 4.63. The molecule has 0 atom stereocenters. The van der Waals surface area contributed by atoms with Crippen LogP contribution in [0.15, 0.2) is 59.6 Å². The van der Waals surface area contributed by atoms with Gasteiger partial charge >= 0.3 is 0 Å². The zero-order valence-electron chi connectivity index (χ0n) is 16.5. The van der Waals surface area contributed by atoms with E-state index in [4.69, 9.17) is 0 Å². The molecule has 0 spiro atoms. The minimum atomic E-state index is 0. The number of aryl methyl sites for hydroxylation is 1. The number of hydrogen-bond acceptors (Lipinski definition) is 2.